The number of aryl methyl sites for hydroxylation is 1. The van der Waals surface area contributed by atoms with E-state index in [1.807, 2.05) is 19.1 Å². The van der Waals surface area contributed by atoms with Crippen LogP contribution < -0.4 is 11.5 Å². The Bertz CT molecular complexity index is 701. The zero-order valence-corrected chi connectivity index (χ0v) is 12.5. The summed E-state index contributed by atoms with van der Waals surface area (Å²) in [5.41, 5.74) is 8.31. The van der Waals surface area contributed by atoms with E-state index in [1.54, 1.807) is 13.1 Å². The first-order valence-electron chi connectivity index (χ1n) is 6.84. The Balaban J connectivity index is 2.14. The van der Waals surface area contributed by atoms with E-state index in [0.29, 0.717) is 18.4 Å². The highest BCUT2D eigenvalue weighted by atomic mass is 16.5. The molecule has 0 fully saturated rings. The van der Waals surface area contributed by atoms with Gasteiger partial charge < -0.3 is 14.9 Å². The molecular weight excluding hydrogens is 272 g/mol. The van der Waals surface area contributed by atoms with Crippen LogP contribution in [0.3, 0.4) is 0 Å². The molecule has 1 heterocycles. The second kappa shape index (κ2) is 6.13. The van der Waals surface area contributed by atoms with Crippen molar-refractivity contribution in [1.82, 2.24) is 4.57 Å². The van der Waals surface area contributed by atoms with Crippen molar-refractivity contribution in [3.63, 3.8) is 0 Å². The largest absolute Gasteiger partial charge is 0.469 e. The topological polar surface area (TPSA) is 87.5 Å². The van der Waals surface area contributed by atoms with Crippen molar-refractivity contribution in [3.8, 4) is 0 Å². The average Bonchev–Trinajstić information content (AvgIpc) is 2.73. The van der Waals surface area contributed by atoms with Gasteiger partial charge in [-0.15, -0.1) is 0 Å². The Hall–Kier alpha value is -2.08. The van der Waals surface area contributed by atoms with Gasteiger partial charge in [0.05, 0.1) is 12.6 Å². The molecule has 114 valence electrons. The van der Waals surface area contributed by atoms with Gasteiger partial charge in [-0.2, -0.15) is 0 Å². The van der Waals surface area contributed by atoms with Crippen LogP contribution in [0.25, 0.3) is 11.1 Å². The van der Waals surface area contributed by atoms with Gasteiger partial charge in [-0.1, -0.05) is 13.0 Å². The summed E-state index contributed by atoms with van der Waals surface area (Å²) in [5.74, 6) is -0.514. The van der Waals surface area contributed by atoms with Crippen molar-refractivity contribution in [1.29, 1.82) is 0 Å². The number of hydrogen-bond acceptors (Lipinski definition) is 5. The second-order valence-electron chi connectivity index (χ2n) is 5.38. The minimum absolute atomic E-state index is 0.117. The van der Waals surface area contributed by atoms with E-state index in [0.717, 1.165) is 11.1 Å². The average molecular weight is 292 g/mol. The zero-order chi connectivity index (χ0) is 15.6. The molecular formula is C15H20N2O4. The maximum Gasteiger partial charge on any atom is 0.419 e. The minimum Gasteiger partial charge on any atom is -0.469 e. The molecule has 6 heteroatoms. The molecule has 0 saturated heterocycles. The maximum absolute atomic E-state index is 11.5. The number of fused-ring (bicyclic) bond motifs is 1. The molecule has 0 bridgehead atoms. The molecule has 2 aromatic rings. The number of ether oxygens (including phenoxy) is 1. The van der Waals surface area contributed by atoms with Crippen LogP contribution >= 0.6 is 0 Å². The number of nitrogens with zero attached hydrogens (tertiary/aromatic N) is 1. The van der Waals surface area contributed by atoms with Gasteiger partial charge in [0.2, 0.25) is 0 Å². The molecule has 2 atom stereocenters. The minimum atomic E-state index is -0.394. The smallest absolute Gasteiger partial charge is 0.419 e. The highest BCUT2D eigenvalue weighted by Gasteiger charge is 2.16. The zero-order valence-electron chi connectivity index (χ0n) is 12.5. The summed E-state index contributed by atoms with van der Waals surface area (Å²) in [4.78, 5) is 22.7. The highest BCUT2D eigenvalue weighted by Crippen LogP contribution is 2.24. The van der Waals surface area contributed by atoms with Crippen LogP contribution in [-0.4, -0.2) is 17.6 Å². The number of aromatic nitrogens is 1. The lowest BCUT2D eigenvalue weighted by atomic mass is 9.94. The molecule has 21 heavy (non-hydrogen) atoms. The fourth-order valence-electron chi connectivity index (χ4n) is 2.40. The predicted molar refractivity (Wildman–Crippen MR) is 78.8 cm³/mol. The number of carbonyl (C=O) groups excluding carboxylic acids is 1. The van der Waals surface area contributed by atoms with E-state index in [1.165, 1.54) is 11.7 Å². The first-order chi connectivity index (χ1) is 9.92. The number of rotatable bonds is 5. The summed E-state index contributed by atoms with van der Waals surface area (Å²) in [6.07, 6.45) is 0.991. The van der Waals surface area contributed by atoms with Crippen molar-refractivity contribution >= 4 is 17.1 Å². The molecule has 6 nitrogen and oxygen atoms in total. The SMILES string of the molecule is COC(=O)CC(C)CC(N)c1ccc2c(c1)oc(=O)n2C. The third-order valence-corrected chi connectivity index (χ3v) is 3.64. The van der Waals surface area contributed by atoms with Crippen LogP contribution in [0.5, 0.6) is 0 Å². The van der Waals surface area contributed by atoms with Gasteiger partial charge in [0, 0.05) is 19.5 Å². The number of hydrogen-bond donors (Lipinski definition) is 1. The molecule has 2 rings (SSSR count). The van der Waals surface area contributed by atoms with Crippen LogP contribution in [-0.2, 0) is 16.6 Å². The van der Waals surface area contributed by atoms with E-state index >= 15 is 0 Å². The Morgan fingerprint density at radius 2 is 2.19 bits per heavy atom. The number of carbonyl (C=O) groups is 1. The number of oxazole rings is 1. The molecule has 0 amide bonds. The Morgan fingerprint density at radius 3 is 2.86 bits per heavy atom. The molecule has 2 unspecified atom stereocenters. The van der Waals surface area contributed by atoms with Gasteiger partial charge in [-0.25, -0.2) is 4.79 Å². The van der Waals surface area contributed by atoms with Gasteiger partial charge in [0.15, 0.2) is 5.58 Å². The van der Waals surface area contributed by atoms with Crippen molar-refractivity contribution in [3.05, 3.63) is 34.3 Å². The predicted octanol–water partition coefficient (Wildman–Crippen LogP) is 1.72. The summed E-state index contributed by atoms with van der Waals surface area (Å²) in [6.45, 7) is 1.96. The summed E-state index contributed by atoms with van der Waals surface area (Å²) in [5, 5.41) is 0. The summed E-state index contributed by atoms with van der Waals surface area (Å²) in [6, 6.07) is 5.26. The molecule has 0 saturated carbocycles. The molecule has 0 spiro atoms. The standard InChI is InChI=1S/C15H20N2O4/c1-9(7-14(18)20-3)6-11(16)10-4-5-12-13(8-10)21-15(19)17(12)2/h4-5,8-9,11H,6-7,16H2,1-3H3. The van der Waals surface area contributed by atoms with Gasteiger partial charge in [-0.05, 0) is 30.0 Å². The Morgan fingerprint density at radius 1 is 1.48 bits per heavy atom. The van der Waals surface area contributed by atoms with Crippen LogP contribution in [0.15, 0.2) is 27.4 Å². The monoisotopic (exact) mass is 292 g/mol. The van der Waals surface area contributed by atoms with Crippen LogP contribution in [0.2, 0.25) is 0 Å². The molecule has 2 N–H and O–H groups in total. The maximum atomic E-state index is 11.5. The molecule has 0 aliphatic heterocycles. The second-order valence-corrected chi connectivity index (χ2v) is 5.38. The lowest BCUT2D eigenvalue weighted by Crippen LogP contribution is -2.16. The lowest BCUT2D eigenvalue weighted by molar-refractivity contribution is -0.141. The summed E-state index contributed by atoms with van der Waals surface area (Å²) in [7, 11) is 3.03. The molecule has 0 aliphatic carbocycles. The van der Waals surface area contributed by atoms with E-state index < -0.39 is 5.76 Å². The van der Waals surface area contributed by atoms with Crippen molar-refractivity contribution in [2.24, 2.45) is 18.7 Å². The highest BCUT2D eigenvalue weighted by molar-refractivity contribution is 5.73. The van der Waals surface area contributed by atoms with Gasteiger partial charge in [0.1, 0.15) is 0 Å². The summed E-state index contributed by atoms with van der Waals surface area (Å²) >= 11 is 0. The van der Waals surface area contributed by atoms with E-state index in [-0.39, 0.29) is 17.9 Å². The normalized spacial score (nSPS) is 14.1. The molecule has 0 radical (unpaired) electrons. The number of methoxy groups -OCH3 is 1. The Kier molecular flexibility index (Phi) is 4.47. The third-order valence-electron chi connectivity index (χ3n) is 3.64. The van der Waals surface area contributed by atoms with Gasteiger partial charge >= 0.3 is 11.7 Å². The van der Waals surface area contributed by atoms with E-state index in [4.69, 9.17) is 10.2 Å². The third kappa shape index (κ3) is 3.33. The fourth-order valence-corrected chi connectivity index (χ4v) is 2.40. The van der Waals surface area contributed by atoms with E-state index in [9.17, 15) is 9.59 Å². The number of nitrogens with two attached hydrogens (primary N) is 1. The van der Waals surface area contributed by atoms with Gasteiger partial charge in [0.25, 0.3) is 0 Å². The van der Waals surface area contributed by atoms with E-state index in [2.05, 4.69) is 4.74 Å². The first-order valence-corrected chi connectivity index (χ1v) is 6.84. The first kappa shape index (κ1) is 15.3. The van der Waals surface area contributed by atoms with Gasteiger partial charge in [-0.3, -0.25) is 9.36 Å². The lowest BCUT2D eigenvalue weighted by Gasteiger charge is -2.16. The molecule has 1 aromatic carbocycles. The van der Waals surface area contributed by atoms with Crippen molar-refractivity contribution in [2.45, 2.75) is 25.8 Å². The Labute approximate surface area is 122 Å². The van der Waals surface area contributed by atoms with Crippen molar-refractivity contribution < 1.29 is 13.9 Å². The number of esters is 1. The van der Waals surface area contributed by atoms with Crippen LogP contribution in [0.4, 0.5) is 0 Å². The number of benzene rings is 1. The quantitative estimate of drug-likeness (QED) is 0.848. The molecule has 1 aromatic heterocycles. The van der Waals surface area contributed by atoms with Crippen LogP contribution in [0, 0.1) is 5.92 Å². The van der Waals surface area contributed by atoms with Crippen LogP contribution in [0.1, 0.15) is 31.4 Å². The molecule has 0 aliphatic rings. The fraction of sp³-hybridized carbons (Fsp3) is 0.467. The summed E-state index contributed by atoms with van der Waals surface area (Å²) < 4.78 is 11.3. The van der Waals surface area contributed by atoms with Crippen molar-refractivity contribution in [2.75, 3.05) is 7.11 Å².